The zero-order valence-corrected chi connectivity index (χ0v) is 14.5. The minimum atomic E-state index is -0.289. The number of nitrogens with zero attached hydrogens (tertiary/aromatic N) is 2. The van der Waals surface area contributed by atoms with Gasteiger partial charge >= 0.3 is 0 Å². The Kier molecular flexibility index (Phi) is 6.06. The maximum Gasteiger partial charge on any atom is 0.274 e. The van der Waals surface area contributed by atoms with Crippen molar-refractivity contribution in [3.05, 3.63) is 34.6 Å². The second-order valence-electron chi connectivity index (χ2n) is 4.68. The highest BCUT2D eigenvalue weighted by molar-refractivity contribution is 7.98. The topological polar surface area (TPSA) is 62.6 Å². The summed E-state index contributed by atoms with van der Waals surface area (Å²) in [5.41, 5.74) is 1.21. The van der Waals surface area contributed by atoms with Crippen LogP contribution in [0.2, 0.25) is 0 Å². The Balaban J connectivity index is 2.70. The Morgan fingerprint density at radius 3 is 2.57 bits per heavy atom. The van der Waals surface area contributed by atoms with Crippen LogP contribution in [0.5, 0.6) is 11.5 Å². The molecular weight excluding hydrogens is 316 g/mol. The van der Waals surface area contributed by atoms with Crippen molar-refractivity contribution in [1.82, 2.24) is 9.55 Å². The molecule has 0 amide bonds. The standard InChI is InChI=1S/C16H20N2O4S/c1-20-8-7-18-13(10-15(19)17-16(18)23-4)12-9-11(21-2)5-6-14(12)22-3/h5-6,9-10H,7-8H2,1-4H3. The second kappa shape index (κ2) is 8.03. The first-order valence-corrected chi connectivity index (χ1v) is 8.24. The van der Waals surface area contributed by atoms with Gasteiger partial charge in [-0.3, -0.25) is 4.79 Å². The van der Waals surface area contributed by atoms with E-state index in [9.17, 15) is 4.79 Å². The van der Waals surface area contributed by atoms with Crippen molar-refractivity contribution in [3.8, 4) is 22.8 Å². The summed E-state index contributed by atoms with van der Waals surface area (Å²) in [5, 5.41) is 0.634. The van der Waals surface area contributed by atoms with E-state index in [0.29, 0.717) is 29.8 Å². The maximum absolute atomic E-state index is 12.0. The molecule has 2 rings (SSSR count). The van der Waals surface area contributed by atoms with Crippen molar-refractivity contribution >= 4 is 11.8 Å². The van der Waals surface area contributed by atoms with E-state index in [0.717, 1.165) is 11.3 Å². The lowest BCUT2D eigenvalue weighted by Crippen LogP contribution is -2.18. The predicted molar refractivity (Wildman–Crippen MR) is 90.7 cm³/mol. The van der Waals surface area contributed by atoms with Crippen molar-refractivity contribution in [1.29, 1.82) is 0 Å². The van der Waals surface area contributed by atoms with Gasteiger partial charge in [-0.25, -0.2) is 0 Å². The molecular formula is C16H20N2O4S. The molecule has 0 saturated heterocycles. The highest BCUT2D eigenvalue weighted by atomic mass is 32.2. The average Bonchev–Trinajstić information content (AvgIpc) is 2.59. The smallest absolute Gasteiger partial charge is 0.274 e. The summed E-state index contributed by atoms with van der Waals surface area (Å²) < 4.78 is 17.9. The van der Waals surface area contributed by atoms with Gasteiger partial charge in [0.25, 0.3) is 5.56 Å². The Morgan fingerprint density at radius 1 is 1.17 bits per heavy atom. The van der Waals surface area contributed by atoms with E-state index in [1.165, 1.54) is 17.8 Å². The van der Waals surface area contributed by atoms with Crippen LogP contribution in [0.4, 0.5) is 0 Å². The van der Waals surface area contributed by atoms with E-state index < -0.39 is 0 Å². The molecule has 0 N–H and O–H groups in total. The van der Waals surface area contributed by atoms with Crippen LogP contribution < -0.4 is 15.0 Å². The summed E-state index contributed by atoms with van der Waals surface area (Å²) in [7, 11) is 4.84. The molecule has 124 valence electrons. The highest BCUT2D eigenvalue weighted by Crippen LogP contribution is 2.34. The molecule has 0 atom stereocenters. The Labute approximate surface area is 139 Å². The third-order valence-corrected chi connectivity index (χ3v) is 4.05. The third-order valence-electron chi connectivity index (χ3n) is 3.37. The fourth-order valence-electron chi connectivity index (χ4n) is 2.28. The lowest BCUT2D eigenvalue weighted by atomic mass is 10.1. The van der Waals surface area contributed by atoms with Crippen LogP contribution in [0.3, 0.4) is 0 Å². The molecule has 0 saturated carbocycles. The molecule has 0 bridgehead atoms. The van der Waals surface area contributed by atoms with Crippen LogP contribution in [0.1, 0.15) is 0 Å². The average molecular weight is 336 g/mol. The number of hydrogen-bond acceptors (Lipinski definition) is 6. The fraction of sp³-hybridized carbons (Fsp3) is 0.375. The summed E-state index contributed by atoms with van der Waals surface area (Å²) in [4.78, 5) is 16.1. The van der Waals surface area contributed by atoms with Crippen LogP contribution >= 0.6 is 11.8 Å². The van der Waals surface area contributed by atoms with E-state index in [1.807, 2.05) is 29.0 Å². The van der Waals surface area contributed by atoms with Gasteiger partial charge in [0.2, 0.25) is 0 Å². The quantitative estimate of drug-likeness (QED) is 0.571. The lowest BCUT2D eigenvalue weighted by molar-refractivity contribution is 0.184. The molecule has 1 aromatic carbocycles. The summed E-state index contributed by atoms with van der Waals surface area (Å²) in [6.07, 6.45) is 1.89. The van der Waals surface area contributed by atoms with Gasteiger partial charge in [0, 0.05) is 25.3 Å². The molecule has 0 spiro atoms. The SMILES string of the molecule is COCCn1c(-c2cc(OC)ccc2OC)cc(=O)nc1SC. The second-order valence-corrected chi connectivity index (χ2v) is 5.45. The monoisotopic (exact) mass is 336 g/mol. The molecule has 0 fully saturated rings. The normalized spacial score (nSPS) is 10.6. The first-order valence-electron chi connectivity index (χ1n) is 7.01. The van der Waals surface area contributed by atoms with Gasteiger partial charge in [-0.1, -0.05) is 11.8 Å². The molecule has 0 radical (unpaired) electrons. The van der Waals surface area contributed by atoms with Crippen LogP contribution in [-0.2, 0) is 11.3 Å². The summed E-state index contributed by atoms with van der Waals surface area (Å²) in [6, 6.07) is 6.99. The van der Waals surface area contributed by atoms with E-state index >= 15 is 0 Å². The minimum Gasteiger partial charge on any atom is -0.497 e. The van der Waals surface area contributed by atoms with E-state index in [-0.39, 0.29) is 5.56 Å². The fourth-order valence-corrected chi connectivity index (χ4v) is 2.87. The summed E-state index contributed by atoms with van der Waals surface area (Å²) in [6.45, 7) is 1.09. The zero-order valence-electron chi connectivity index (χ0n) is 13.7. The molecule has 0 aliphatic heterocycles. The molecule has 0 aliphatic carbocycles. The van der Waals surface area contributed by atoms with Crippen LogP contribution in [0.25, 0.3) is 11.3 Å². The number of methoxy groups -OCH3 is 3. The van der Waals surface area contributed by atoms with Gasteiger partial charge in [-0.15, -0.1) is 0 Å². The van der Waals surface area contributed by atoms with Crippen molar-refractivity contribution in [2.45, 2.75) is 11.7 Å². The van der Waals surface area contributed by atoms with Crippen molar-refractivity contribution < 1.29 is 14.2 Å². The van der Waals surface area contributed by atoms with Gasteiger partial charge in [0.15, 0.2) is 5.16 Å². The van der Waals surface area contributed by atoms with Gasteiger partial charge < -0.3 is 18.8 Å². The van der Waals surface area contributed by atoms with E-state index in [1.54, 1.807) is 21.3 Å². The number of hydrogen-bond donors (Lipinski definition) is 0. The van der Waals surface area contributed by atoms with Crippen molar-refractivity contribution in [2.75, 3.05) is 34.2 Å². The first kappa shape index (κ1) is 17.4. The number of thioether (sulfide) groups is 1. The van der Waals surface area contributed by atoms with Crippen LogP contribution in [0, 0.1) is 0 Å². The van der Waals surface area contributed by atoms with E-state index in [2.05, 4.69) is 4.98 Å². The zero-order chi connectivity index (χ0) is 16.8. The largest absolute Gasteiger partial charge is 0.497 e. The maximum atomic E-state index is 12.0. The minimum absolute atomic E-state index is 0.289. The summed E-state index contributed by atoms with van der Waals surface area (Å²) in [5.74, 6) is 1.35. The van der Waals surface area contributed by atoms with Crippen LogP contribution in [-0.4, -0.2) is 43.7 Å². The molecule has 7 heteroatoms. The molecule has 1 heterocycles. The Hall–Kier alpha value is -1.99. The highest BCUT2D eigenvalue weighted by Gasteiger charge is 2.15. The van der Waals surface area contributed by atoms with Gasteiger partial charge in [-0.2, -0.15) is 4.98 Å². The number of aromatic nitrogens is 2. The molecule has 0 aliphatic rings. The molecule has 23 heavy (non-hydrogen) atoms. The summed E-state index contributed by atoms with van der Waals surface area (Å²) >= 11 is 1.42. The molecule has 6 nitrogen and oxygen atoms in total. The predicted octanol–water partition coefficient (Wildman–Crippen LogP) is 2.30. The number of benzene rings is 1. The van der Waals surface area contributed by atoms with Crippen LogP contribution in [0.15, 0.2) is 34.2 Å². The third kappa shape index (κ3) is 3.86. The lowest BCUT2D eigenvalue weighted by Gasteiger charge is -2.18. The molecule has 2 aromatic rings. The van der Waals surface area contributed by atoms with Crippen molar-refractivity contribution in [3.63, 3.8) is 0 Å². The first-order chi connectivity index (χ1) is 11.1. The number of ether oxygens (including phenoxy) is 3. The molecule has 1 aromatic heterocycles. The Bertz CT molecular complexity index is 731. The van der Waals surface area contributed by atoms with E-state index in [4.69, 9.17) is 14.2 Å². The van der Waals surface area contributed by atoms with Gasteiger partial charge in [-0.05, 0) is 24.5 Å². The van der Waals surface area contributed by atoms with Crippen molar-refractivity contribution in [2.24, 2.45) is 0 Å². The van der Waals surface area contributed by atoms with Gasteiger partial charge in [0.1, 0.15) is 11.5 Å². The number of rotatable bonds is 7. The van der Waals surface area contributed by atoms with Gasteiger partial charge in [0.05, 0.1) is 26.5 Å². The molecule has 0 unspecified atom stereocenters. The Morgan fingerprint density at radius 2 is 1.96 bits per heavy atom.